The van der Waals surface area contributed by atoms with Gasteiger partial charge in [0.2, 0.25) is 0 Å². The van der Waals surface area contributed by atoms with Crippen LogP contribution >= 0.6 is 11.6 Å². The van der Waals surface area contributed by atoms with Gasteiger partial charge in [-0.05, 0) is 79.1 Å². The molecule has 8 heteroatoms. The standard InChI is InChI=1S/C25H23ClN2O5/c1-16-5-4-6-21(17(16)2)32-15-24(29)28-27-14-18-7-12-22(23(13-18)31-3)33-25(30)19-8-10-20(26)11-9-19/h4-14H,15H2,1-3H3,(H,28,29)/b27-14+. The molecule has 0 aliphatic rings. The minimum Gasteiger partial charge on any atom is -0.493 e. The lowest BCUT2D eigenvalue weighted by atomic mass is 10.1. The van der Waals surface area contributed by atoms with Crippen molar-refractivity contribution in [3.8, 4) is 17.2 Å². The van der Waals surface area contributed by atoms with Gasteiger partial charge in [0.05, 0.1) is 18.9 Å². The molecule has 0 radical (unpaired) electrons. The van der Waals surface area contributed by atoms with Crippen molar-refractivity contribution in [3.63, 3.8) is 0 Å². The first-order valence-electron chi connectivity index (χ1n) is 10.0. The number of nitrogens with zero attached hydrogens (tertiary/aromatic N) is 1. The Hall–Kier alpha value is -3.84. The number of carbonyl (C=O) groups excluding carboxylic acids is 2. The number of hydrogen-bond donors (Lipinski definition) is 1. The second-order valence-electron chi connectivity index (χ2n) is 7.09. The summed E-state index contributed by atoms with van der Waals surface area (Å²) < 4.78 is 16.3. The van der Waals surface area contributed by atoms with Crippen LogP contribution in [0.1, 0.15) is 27.0 Å². The highest BCUT2D eigenvalue weighted by Crippen LogP contribution is 2.28. The van der Waals surface area contributed by atoms with Gasteiger partial charge in [-0.2, -0.15) is 5.10 Å². The van der Waals surface area contributed by atoms with Crippen molar-refractivity contribution in [3.05, 3.63) is 87.9 Å². The maximum Gasteiger partial charge on any atom is 0.343 e. The fraction of sp³-hybridized carbons (Fsp3) is 0.160. The van der Waals surface area contributed by atoms with Gasteiger partial charge in [0.1, 0.15) is 5.75 Å². The molecule has 7 nitrogen and oxygen atoms in total. The molecule has 0 saturated heterocycles. The van der Waals surface area contributed by atoms with E-state index in [0.717, 1.165) is 11.1 Å². The predicted molar refractivity (Wildman–Crippen MR) is 127 cm³/mol. The highest BCUT2D eigenvalue weighted by Gasteiger charge is 2.13. The van der Waals surface area contributed by atoms with E-state index in [1.165, 1.54) is 13.3 Å². The van der Waals surface area contributed by atoms with Gasteiger partial charge >= 0.3 is 5.97 Å². The summed E-state index contributed by atoms with van der Waals surface area (Å²) in [6.07, 6.45) is 1.45. The molecular formula is C25H23ClN2O5. The summed E-state index contributed by atoms with van der Waals surface area (Å²) in [5.41, 5.74) is 5.48. The van der Waals surface area contributed by atoms with E-state index in [9.17, 15) is 9.59 Å². The summed E-state index contributed by atoms with van der Waals surface area (Å²) >= 11 is 5.84. The highest BCUT2D eigenvalue weighted by molar-refractivity contribution is 6.30. The number of hydrogen-bond acceptors (Lipinski definition) is 6. The first kappa shape index (κ1) is 23.8. The van der Waals surface area contributed by atoms with E-state index < -0.39 is 11.9 Å². The third kappa shape index (κ3) is 6.57. The van der Waals surface area contributed by atoms with Crippen LogP contribution in [0.25, 0.3) is 0 Å². The molecular weight excluding hydrogens is 444 g/mol. The minimum absolute atomic E-state index is 0.162. The van der Waals surface area contributed by atoms with Crippen LogP contribution in [0.2, 0.25) is 5.02 Å². The van der Waals surface area contributed by atoms with Crippen molar-refractivity contribution < 1.29 is 23.8 Å². The summed E-state index contributed by atoms with van der Waals surface area (Å²) in [6, 6.07) is 16.9. The molecule has 33 heavy (non-hydrogen) atoms. The Kier molecular flexibility index (Phi) is 8.05. The van der Waals surface area contributed by atoms with Crippen molar-refractivity contribution in [1.29, 1.82) is 0 Å². The average Bonchev–Trinajstić information content (AvgIpc) is 2.81. The summed E-state index contributed by atoms with van der Waals surface area (Å²) in [4.78, 5) is 24.3. The normalized spacial score (nSPS) is 10.7. The summed E-state index contributed by atoms with van der Waals surface area (Å²) in [5, 5.41) is 4.46. The fourth-order valence-corrected chi connectivity index (χ4v) is 2.95. The number of benzene rings is 3. The zero-order valence-electron chi connectivity index (χ0n) is 18.4. The lowest BCUT2D eigenvalue weighted by molar-refractivity contribution is -0.123. The second kappa shape index (κ2) is 11.2. The lowest BCUT2D eigenvalue weighted by Gasteiger charge is -2.10. The van der Waals surface area contributed by atoms with E-state index in [4.69, 9.17) is 25.8 Å². The predicted octanol–water partition coefficient (Wildman–Crippen LogP) is 4.71. The molecule has 1 amide bonds. The number of ether oxygens (including phenoxy) is 3. The molecule has 0 fully saturated rings. The smallest absolute Gasteiger partial charge is 0.343 e. The van der Waals surface area contributed by atoms with Crippen molar-refractivity contribution in [2.24, 2.45) is 5.10 Å². The first-order valence-corrected chi connectivity index (χ1v) is 10.4. The zero-order chi connectivity index (χ0) is 23.8. The molecule has 0 aliphatic carbocycles. The maximum atomic E-state index is 12.3. The number of hydrazone groups is 1. The van der Waals surface area contributed by atoms with Gasteiger partial charge in [-0.3, -0.25) is 4.79 Å². The molecule has 3 aromatic rings. The largest absolute Gasteiger partial charge is 0.493 e. The third-order valence-electron chi connectivity index (χ3n) is 4.79. The van der Waals surface area contributed by atoms with Crippen LogP contribution < -0.4 is 19.6 Å². The van der Waals surface area contributed by atoms with Crippen LogP contribution in [0.5, 0.6) is 17.2 Å². The van der Waals surface area contributed by atoms with E-state index in [1.807, 2.05) is 32.0 Å². The molecule has 3 rings (SSSR count). The van der Waals surface area contributed by atoms with E-state index in [2.05, 4.69) is 10.5 Å². The number of nitrogens with one attached hydrogen (secondary N) is 1. The number of amides is 1. The Bertz CT molecular complexity index is 1180. The Morgan fingerprint density at radius 3 is 2.48 bits per heavy atom. The van der Waals surface area contributed by atoms with Gasteiger partial charge in [-0.15, -0.1) is 0 Å². The van der Waals surface area contributed by atoms with Crippen LogP contribution in [0.3, 0.4) is 0 Å². The van der Waals surface area contributed by atoms with Crippen LogP contribution in [-0.2, 0) is 4.79 Å². The SMILES string of the molecule is COc1cc(/C=N/NC(=O)COc2cccc(C)c2C)ccc1OC(=O)c1ccc(Cl)cc1. The van der Waals surface area contributed by atoms with E-state index >= 15 is 0 Å². The lowest BCUT2D eigenvalue weighted by Crippen LogP contribution is -2.24. The topological polar surface area (TPSA) is 86.2 Å². The van der Waals surface area contributed by atoms with Gasteiger partial charge in [0.15, 0.2) is 18.1 Å². The molecule has 0 atom stereocenters. The number of aryl methyl sites for hydroxylation is 1. The van der Waals surface area contributed by atoms with E-state index in [-0.39, 0.29) is 12.4 Å². The summed E-state index contributed by atoms with van der Waals surface area (Å²) in [7, 11) is 1.46. The Balaban J connectivity index is 1.57. The van der Waals surface area contributed by atoms with Gasteiger partial charge in [-0.1, -0.05) is 23.7 Å². The van der Waals surface area contributed by atoms with Crippen LogP contribution in [0, 0.1) is 13.8 Å². The quantitative estimate of drug-likeness (QED) is 0.225. The molecule has 0 heterocycles. The molecule has 0 aliphatic heterocycles. The molecule has 3 aromatic carbocycles. The fourth-order valence-electron chi connectivity index (χ4n) is 2.83. The van der Waals surface area contributed by atoms with Gasteiger partial charge in [0, 0.05) is 5.02 Å². The van der Waals surface area contributed by atoms with Gasteiger partial charge < -0.3 is 14.2 Å². The zero-order valence-corrected chi connectivity index (χ0v) is 19.2. The van der Waals surface area contributed by atoms with Gasteiger partial charge in [0.25, 0.3) is 5.91 Å². The number of halogens is 1. The molecule has 0 saturated carbocycles. The molecule has 0 unspecified atom stereocenters. The number of esters is 1. The molecule has 170 valence electrons. The van der Waals surface area contributed by atoms with E-state index in [0.29, 0.717) is 27.6 Å². The van der Waals surface area contributed by atoms with Crippen molar-refractivity contribution in [1.82, 2.24) is 5.43 Å². The van der Waals surface area contributed by atoms with Gasteiger partial charge in [-0.25, -0.2) is 10.2 Å². The average molecular weight is 467 g/mol. The molecule has 0 aromatic heterocycles. The minimum atomic E-state index is -0.539. The number of carbonyl (C=O) groups is 2. The molecule has 1 N–H and O–H groups in total. The van der Waals surface area contributed by atoms with E-state index in [1.54, 1.807) is 42.5 Å². The third-order valence-corrected chi connectivity index (χ3v) is 5.04. The highest BCUT2D eigenvalue weighted by atomic mass is 35.5. The van der Waals surface area contributed by atoms with Crippen molar-refractivity contribution >= 4 is 29.7 Å². The van der Waals surface area contributed by atoms with Crippen LogP contribution in [-0.4, -0.2) is 31.8 Å². The van der Waals surface area contributed by atoms with Crippen molar-refractivity contribution in [2.75, 3.05) is 13.7 Å². The van der Waals surface area contributed by atoms with Crippen LogP contribution in [0.4, 0.5) is 0 Å². The Labute approximate surface area is 196 Å². The van der Waals surface area contributed by atoms with Crippen LogP contribution in [0.15, 0.2) is 65.8 Å². The van der Waals surface area contributed by atoms with Crippen molar-refractivity contribution in [2.45, 2.75) is 13.8 Å². The Morgan fingerprint density at radius 2 is 1.76 bits per heavy atom. The number of rotatable bonds is 8. The second-order valence-corrected chi connectivity index (χ2v) is 7.52. The monoisotopic (exact) mass is 466 g/mol. The Morgan fingerprint density at radius 1 is 1.00 bits per heavy atom. The summed E-state index contributed by atoms with van der Waals surface area (Å²) in [6.45, 7) is 3.75. The molecule has 0 bridgehead atoms. The number of methoxy groups -OCH3 is 1. The molecule has 0 spiro atoms. The maximum absolute atomic E-state index is 12.3. The summed E-state index contributed by atoms with van der Waals surface area (Å²) in [5.74, 6) is 0.309. The first-order chi connectivity index (χ1) is 15.9.